The van der Waals surface area contributed by atoms with Gasteiger partial charge in [-0.1, -0.05) is 45.8 Å². The van der Waals surface area contributed by atoms with Crippen LogP contribution in [0.5, 0.6) is 23.0 Å². The largest absolute Gasteiger partial charge is 0.493 e. The van der Waals surface area contributed by atoms with Gasteiger partial charge in [-0.05, 0) is 30.3 Å². The van der Waals surface area contributed by atoms with E-state index >= 15 is 0 Å². The van der Waals surface area contributed by atoms with E-state index in [1.807, 2.05) is 6.07 Å². The Balaban J connectivity index is 1.70. The van der Waals surface area contributed by atoms with Crippen molar-refractivity contribution >= 4 is 61.9 Å². The summed E-state index contributed by atoms with van der Waals surface area (Å²) >= 11 is 10.1. The second-order valence-corrected chi connectivity index (χ2v) is 8.67. The van der Waals surface area contributed by atoms with Gasteiger partial charge in [0.15, 0.2) is 27.3 Å². The van der Waals surface area contributed by atoms with Crippen molar-refractivity contribution in [1.29, 1.82) is 0 Å². The lowest BCUT2D eigenvalue weighted by Gasteiger charge is -2.15. The second kappa shape index (κ2) is 8.60. The van der Waals surface area contributed by atoms with Crippen LogP contribution < -0.4 is 23.8 Å². The third kappa shape index (κ3) is 3.86. The zero-order valence-corrected chi connectivity index (χ0v) is 18.9. The number of thiocarbonyl (C=S) groups is 1. The number of halogens is 1. The summed E-state index contributed by atoms with van der Waals surface area (Å²) in [7, 11) is 1.54. The average Bonchev–Trinajstić information content (AvgIpc) is 3.30. The third-order valence-corrected chi connectivity index (χ3v) is 6.02. The van der Waals surface area contributed by atoms with E-state index in [0.29, 0.717) is 43.5 Å². The fraction of sp³-hybridized carbons (Fsp3) is 0.143. The summed E-state index contributed by atoms with van der Waals surface area (Å²) in [5.41, 5.74) is 1.25. The molecule has 1 fully saturated rings. The van der Waals surface area contributed by atoms with Crippen LogP contribution in [0.1, 0.15) is 5.56 Å². The van der Waals surface area contributed by atoms with Gasteiger partial charge in [0.2, 0.25) is 6.79 Å². The van der Waals surface area contributed by atoms with E-state index in [-0.39, 0.29) is 19.3 Å². The zero-order chi connectivity index (χ0) is 21.3. The quantitative estimate of drug-likeness (QED) is 0.335. The van der Waals surface area contributed by atoms with E-state index in [9.17, 15) is 4.79 Å². The molecule has 0 radical (unpaired) electrons. The number of rotatable bonds is 5. The van der Waals surface area contributed by atoms with Crippen LogP contribution in [0, 0.1) is 12.3 Å². The van der Waals surface area contributed by atoms with Crippen molar-refractivity contribution in [2.24, 2.45) is 0 Å². The maximum Gasteiger partial charge on any atom is 0.270 e. The molecule has 2 aliphatic rings. The van der Waals surface area contributed by atoms with Gasteiger partial charge in [0.25, 0.3) is 5.91 Å². The highest BCUT2D eigenvalue weighted by Gasteiger charge is 2.34. The van der Waals surface area contributed by atoms with E-state index in [4.69, 9.17) is 37.6 Å². The molecule has 0 atom stereocenters. The Morgan fingerprint density at radius 2 is 2.13 bits per heavy atom. The SMILES string of the molecule is C#CCOc1c(/C=C2/SC(=S)N(c3ccc4c(c3)OCO4)C2=O)cc(Br)cc1OC. The summed E-state index contributed by atoms with van der Waals surface area (Å²) in [4.78, 5) is 15.1. The van der Waals surface area contributed by atoms with Gasteiger partial charge in [-0.15, -0.1) is 6.42 Å². The Morgan fingerprint density at radius 1 is 1.33 bits per heavy atom. The van der Waals surface area contributed by atoms with Gasteiger partial charge in [-0.25, -0.2) is 0 Å². The molecule has 0 spiro atoms. The summed E-state index contributed by atoms with van der Waals surface area (Å²) in [6.07, 6.45) is 7.05. The van der Waals surface area contributed by atoms with Crippen LogP contribution in [-0.2, 0) is 4.79 Å². The summed E-state index contributed by atoms with van der Waals surface area (Å²) in [5, 5.41) is 0. The van der Waals surface area contributed by atoms with E-state index in [1.165, 1.54) is 23.8 Å². The van der Waals surface area contributed by atoms with Gasteiger partial charge in [-0.2, -0.15) is 0 Å². The summed E-state index contributed by atoms with van der Waals surface area (Å²) in [5.74, 6) is 4.35. The number of benzene rings is 2. The van der Waals surface area contributed by atoms with Crippen molar-refractivity contribution in [2.75, 3.05) is 25.4 Å². The molecule has 1 amide bonds. The number of amides is 1. The Hall–Kier alpha value is -2.67. The molecule has 0 unspecified atom stereocenters. The first-order valence-electron chi connectivity index (χ1n) is 8.63. The number of nitrogens with zero attached hydrogens (tertiary/aromatic N) is 1. The highest BCUT2D eigenvalue weighted by molar-refractivity contribution is 9.10. The molecular formula is C21H14BrNO5S2. The minimum Gasteiger partial charge on any atom is -0.493 e. The van der Waals surface area contributed by atoms with Crippen LogP contribution in [0.15, 0.2) is 39.7 Å². The first-order chi connectivity index (χ1) is 14.5. The second-order valence-electron chi connectivity index (χ2n) is 6.07. The number of carbonyl (C=O) groups excluding carboxylic acids is 1. The summed E-state index contributed by atoms with van der Waals surface area (Å²) in [6, 6.07) is 8.85. The monoisotopic (exact) mass is 503 g/mol. The molecular weight excluding hydrogens is 490 g/mol. The molecule has 2 aliphatic heterocycles. The summed E-state index contributed by atoms with van der Waals surface area (Å²) in [6.45, 7) is 0.221. The van der Waals surface area contributed by atoms with Crippen LogP contribution in [-0.4, -0.2) is 30.7 Å². The predicted molar refractivity (Wildman–Crippen MR) is 123 cm³/mol. The van der Waals surface area contributed by atoms with Crippen molar-refractivity contribution in [3.8, 4) is 35.3 Å². The third-order valence-electron chi connectivity index (χ3n) is 4.26. The van der Waals surface area contributed by atoms with Crippen molar-refractivity contribution < 1.29 is 23.7 Å². The van der Waals surface area contributed by atoms with E-state index in [2.05, 4.69) is 21.9 Å². The van der Waals surface area contributed by atoms with Gasteiger partial charge in [0, 0.05) is 16.1 Å². The Labute approximate surface area is 191 Å². The highest BCUT2D eigenvalue weighted by atomic mass is 79.9. The lowest BCUT2D eigenvalue weighted by molar-refractivity contribution is -0.113. The molecule has 0 aromatic heterocycles. The standard InChI is InChI=1S/C21H14BrNO5S2/c1-3-6-26-19-12(7-13(22)9-17(19)25-2)8-18-20(24)23(21(29)30-18)14-4-5-15-16(10-14)28-11-27-15/h1,4-5,7-10H,6,11H2,2H3/b18-8+. The summed E-state index contributed by atoms with van der Waals surface area (Å²) < 4.78 is 23.0. The number of anilines is 1. The molecule has 6 nitrogen and oxygen atoms in total. The van der Waals surface area contributed by atoms with Crippen molar-refractivity contribution in [2.45, 2.75) is 0 Å². The number of ether oxygens (including phenoxy) is 4. The van der Waals surface area contributed by atoms with E-state index < -0.39 is 0 Å². The molecule has 2 heterocycles. The van der Waals surface area contributed by atoms with Crippen LogP contribution in [0.4, 0.5) is 5.69 Å². The number of terminal acetylenes is 1. The molecule has 4 rings (SSSR count). The van der Waals surface area contributed by atoms with Crippen LogP contribution in [0.25, 0.3) is 6.08 Å². The van der Waals surface area contributed by atoms with Gasteiger partial charge in [0.1, 0.15) is 6.61 Å². The molecule has 30 heavy (non-hydrogen) atoms. The highest BCUT2D eigenvalue weighted by Crippen LogP contribution is 2.42. The molecule has 0 bridgehead atoms. The smallest absolute Gasteiger partial charge is 0.270 e. The molecule has 9 heteroatoms. The van der Waals surface area contributed by atoms with Crippen molar-refractivity contribution in [3.05, 3.63) is 45.3 Å². The van der Waals surface area contributed by atoms with Gasteiger partial charge in [0.05, 0.1) is 17.7 Å². The maximum atomic E-state index is 13.1. The van der Waals surface area contributed by atoms with Crippen LogP contribution in [0.2, 0.25) is 0 Å². The van der Waals surface area contributed by atoms with Crippen LogP contribution in [0.3, 0.4) is 0 Å². The first-order valence-corrected chi connectivity index (χ1v) is 10.6. The average molecular weight is 504 g/mol. The van der Waals surface area contributed by atoms with Gasteiger partial charge < -0.3 is 18.9 Å². The molecule has 0 N–H and O–H groups in total. The molecule has 2 aromatic carbocycles. The number of hydrogen-bond donors (Lipinski definition) is 0. The fourth-order valence-electron chi connectivity index (χ4n) is 2.97. The van der Waals surface area contributed by atoms with Crippen LogP contribution >= 0.6 is 39.9 Å². The fourth-order valence-corrected chi connectivity index (χ4v) is 4.72. The minimum atomic E-state index is -0.245. The van der Waals surface area contributed by atoms with Gasteiger partial charge in [-0.3, -0.25) is 9.69 Å². The molecule has 0 saturated carbocycles. The topological polar surface area (TPSA) is 57.2 Å². The number of thioether (sulfide) groups is 1. The first kappa shape index (κ1) is 20.6. The minimum absolute atomic E-state index is 0.0665. The number of hydrogen-bond acceptors (Lipinski definition) is 7. The van der Waals surface area contributed by atoms with Crippen molar-refractivity contribution in [3.63, 3.8) is 0 Å². The molecule has 0 aliphatic carbocycles. The lowest BCUT2D eigenvalue weighted by atomic mass is 10.1. The maximum absolute atomic E-state index is 13.1. The Kier molecular flexibility index (Phi) is 5.90. The van der Waals surface area contributed by atoms with E-state index in [0.717, 1.165) is 4.47 Å². The predicted octanol–water partition coefficient (Wildman–Crippen LogP) is 4.60. The van der Waals surface area contributed by atoms with Crippen molar-refractivity contribution in [1.82, 2.24) is 0 Å². The Morgan fingerprint density at radius 3 is 2.90 bits per heavy atom. The molecule has 2 aromatic rings. The van der Waals surface area contributed by atoms with E-state index in [1.54, 1.807) is 30.3 Å². The number of carbonyl (C=O) groups is 1. The molecule has 152 valence electrons. The van der Waals surface area contributed by atoms with Gasteiger partial charge >= 0.3 is 0 Å². The number of methoxy groups -OCH3 is 1. The zero-order valence-electron chi connectivity index (χ0n) is 15.6. The Bertz CT molecular complexity index is 1130. The molecule has 1 saturated heterocycles. The normalized spacial score (nSPS) is 16.2. The number of fused-ring (bicyclic) bond motifs is 1. The lowest BCUT2D eigenvalue weighted by Crippen LogP contribution is -2.27.